The van der Waals surface area contributed by atoms with Gasteiger partial charge in [-0.25, -0.2) is 0 Å². The highest BCUT2D eigenvalue weighted by Crippen LogP contribution is 2.35. The van der Waals surface area contributed by atoms with E-state index in [0.717, 1.165) is 24.1 Å². The van der Waals surface area contributed by atoms with Gasteiger partial charge in [-0.2, -0.15) is 18.3 Å². The number of hydrazone groups is 1. The minimum atomic E-state index is -4.41. The lowest BCUT2D eigenvalue weighted by molar-refractivity contribution is -0.137. The van der Waals surface area contributed by atoms with Crippen LogP contribution in [0.15, 0.2) is 53.6 Å². The second-order valence-corrected chi connectivity index (χ2v) is 6.82. The molecule has 28 heavy (non-hydrogen) atoms. The summed E-state index contributed by atoms with van der Waals surface area (Å²) in [4.78, 5) is 12.7. The highest BCUT2D eigenvalue weighted by Gasteiger charge is 2.34. The Morgan fingerprint density at radius 1 is 1.21 bits per heavy atom. The van der Waals surface area contributed by atoms with Crippen molar-refractivity contribution in [2.75, 3.05) is 11.9 Å². The third-order valence-corrected chi connectivity index (χ3v) is 4.70. The second-order valence-electron chi connectivity index (χ2n) is 6.82. The molecule has 1 aliphatic rings. The van der Waals surface area contributed by atoms with Crippen LogP contribution in [0.3, 0.4) is 0 Å². The number of carbonyl (C=O) groups excluding carboxylic acids is 1. The minimum absolute atomic E-state index is 0.263. The summed E-state index contributed by atoms with van der Waals surface area (Å²) in [5, 5.41) is 8.97. The minimum Gasteiger partial charge on any atom is -0.321 e. The van der Waals surface area contributed by atoms with Gasteiger partial charge in [0.15, 0.2) is 0 Å². The molecule has 0 fully saturated rings. The predicted octanol–water partition coefficient (Wildman–Crippen LogP) is 5.17. The predicted molar refractivity (Wildman–Crippen MR) is 103 cm³/mol. The number of para-hydroxylation sites is 1. The molecule has 0 saturated carbocycles. The lowest BCUT2D eigenvalue weighted by Gasteiger charge is -2.24. The SMILES string of the molecule is CCCN1N=C(C(=O)Nc2ccccc2C)CC1c1cccc(C(F)(F)F)c1. The Kier molecular flexibility index (Phi) is 5.72. The second kappa shape index (κ2) is 8.04. The van der Waals surface area contributed by atoms with E-state index in [9.17, 15) is 18.0 Å². The Morgan fingerprint density at radius 3 is 2.64 bits per heavy atom. The van der Waals surface area contributed by atoms with E-state index in [1.165, 1.54) is 6.07 Å². The molecule has 3 rings (SSSR count). The Hall–Kier alpha value is -2.83. The summed E-state index contributed by atoms with van der Waals surface area (Å²) in [5.41, 5.74) is 1.75. The molecule has 0 aromatic heterocycles. The molecule has 7 heteroatoms. The number of aryl methyl sites for hydroxylation is 1. The monoisotopic (exact) mass is 389 g/mol. The van der Waals surface area contributed by atoms with E-state index < -0.39 is 11.7 Å². The van der Waals surface area contributed by atoms with Crippen LogP contribution in [0.5, 0.6) is 0 Å². The molecule has 1 atom stereocenters. The number of hydrogen-bond donors (Lipinski definition) is 1. The Morgan fingerprint density at radius 2 is 1.96 bits per heavy atom. The van der Waals surface area contributed by atoms with Gasteiger partial charge in [-0.1, -0.05) is 37.3 Å². The van der Waals surface area contributed by atoms with Gasteiger partial charge in [0, 0.05) is 18.7 Å². The van der Waals surface area contributed by atoms with Gasteiger partial charge in [0.05, 0.1) is 11.6 Å². The molecule has 1 aliphatic heterocycles. The van der Waals surface area contributed by atoms with Gasteiger partial charge in [0.25, 0.3) is 5.91 Å². The van der Waals surface area contributed by atoms with E-state index in [1.807, 2.05) is 32.0 Å². The van der Waals surface area contributed by atoms with Crippen molar-refractivity contribution in [1.82, 2.24) is 5.01 Å². The zero-order valence-corrected chi connectivity index (χ0v) is 15.8. The zero-order valence-electron chi connectivity index (χ0n) is 15.8. The molecule has 1 unspecified atom stereocenters. The summed E-state index contributed by atoms with van der Waals surface area (Å²) in [7, 11) is 0. The molecule has 0 radical (unpaired) electrons. The van der Waals surface area contributed by atoms with E-state index in [-0.39, 0.29) is 18.4 Å². The fourth-order valence-corrected chi connectivity index (χ4v) is 3.25. The number of carbonyl (C=O) groups is 1. The number of nitrogens with zero attached hydrogens (tertiary/aromatic N) is 2. The van der Waals surface area contributed by atoms with Crippen LogP contribution in [0.2, 0.25) is 0 Å². The van der Waals surface area contributed by atoms with E-state index in [4.69, 9.17) is 0 Å². The van der Waals surface area contributed by atoms with E-state index in [2.05, 4.69) is 10.4 Å². The van der Waals surface area contributed by atoms with Gasteiger partial charge >= 0.3 is 6.18 Å². The van der Waals surface area contributed by atoms with Gasteiger partial charge in [-0.05, 0) is 42.7 Å². The molecule has 1 heterocycles. The van der Waals surface area contributed by atoms with Crippen LogP contribution in [-0.2, 0) is 11.0 Å². The molecule has 1 amide bonds. The van der Waals surface area contributed by atoms with E-state index in [1.54, 1.807) is 17.1 Å². The molecule has 1 N–H and O–H groups in total. The Bertz CT molecular complexity index is 892. The van der Waals surface area contributed by atoms with Crippen molar-refractivity contribution < 1.29 is 18.0 Å². The Balaban J connectivity index is 1.82. The average molecular weight is 389 g/mol. The van der Waals surface area contributed by atoms with Gasteiger partial charge < -0.3 is 5.32 Å². The summed E-state index contributed by atoms with van der Waals surface area (Å²) < 4.78 is 39.2. The fourth-order valence-electron chi connectivity index (χ4n) is 3.25. The largest absolute Gasteiger partial charge is 0.416 e. The summed E-state index contributed by atoms with van der Waals surface area (Å²) in [6, 6.07) is 12.3. The molecule has 0 spiro atoms. The van der Waals surface area contributed by atoms with Gasteiger partial charge in [0.2, 0.25) is 0 Å². The molecule has 148 valence electrons. The summed E-state index contributed by atoms with van der Waals surface area (Å²) in [5.74, 6) is -0.329. The lowest BCUT2D eigenvalue weighted by atomic mass is 9.99. The molecular weight excluding hydrogens is 367 g/mol. The quantitative estimate of drug-likeness (QED) is 0.767. The highest BCUT2D eigenvalue weighted by molar-refractivity contribution is 6.43. The number of alkyl halides is 3. The summed E-state index contributed by atoms with van der Waals surface area (Å²) >= 11 is 0. The lowest BCUT2D eigenvalue weighted by Crippen LogP contribution is -2.22. The maximum Gasteiger partial charge on any atom is 0.416 e. The molecule has 2 aromatic rings. The molecular formula is C21H22F3N3O. The Labute approximate surface area is 162 Å². The van der Waals surface area contributed by atoms with E-state index in [0.29, 0.717) is 23.5 Å². The van der Waals surface area contributed by atoms with Crippen LogP contribution in [0.1, 0.15) is 42.5 Å². The number of benzene rings is 2. The first-order valence-corrected chi connectivity index (χ1v) is 9.18. The fraction of sp³-hybridized carbons (Fsp3) is 0.333. The number of amides is 1. The van der Waals surface area contributed by atoms with Crippen molar-refractivity contribution in [3.8, 4) is 0 Å². The summed E-state index contributed by atoms with van der Waals surface area (Å²) in [6.45, 7) is 4.41. The van der Waals surface area contributed by atoms with Gasteiger partial charge in [-0.15, -0.1) is 0 Å². The normalized spacial score (nSPS) is 16.8. The third-order valence-electron chi connectivity index (χ3n) is 4.70. The zero-order chi connectivity index (χ0) is 20.3. The molecule has 4 nitrogen and oxygen atoms in total. The first kappa shape index (κ1) is 19.9. The van der Waals surface area contributed by atoms with Crippen LogP contribution >= 0.6 is 0 Å². The summed E-state index contributed by atoms with van der Waals surface area (Å²) in [6.07, 6.45) is -3.37. The number of rotatable bonds is 5. The van der Waals surface area contributed by atoms with E-state index >= 15 is 0 Å². The third kappa shape index (κ3) is 4.35. The van der Waals surface area contributed by atoms with Crippen molar-refractivity contribution >= 4 is 17.3 Å². The first-order valence-electron chi connectivity index (χ1n) is 9.18. The maximum atomic E-state index is 13.1. The van der Waals surface area contributed by atoms with Crippen LogP contribution < -0.4 is 5.32 Å². The van der Waals surface area contributed by atoms with Crippen molar-refractivity contribution in [3.05, 3.63) is 65.2 Å². The highest BCUT2D eigenvalue weighted by atomic mass is 19.4. The molecule has 0 bridgehead atoms. The molecule has 2 aromatic carbocycles. The first-order chi connectivity index (χ1) is 13.3. The number of anilines is 1. The average Bonchev–Trinajstić information content (AvgIpc) is 3.07. The van der Waals surface area contributed by atoms with Crippen molar-refractivity contribution in [3.63, 3.8) is 0 Å². The van der Waals surface area contributed by atoms with Crippen LogP contribution in [0.25, 0.3) is 0 Å². The van der Waals surface area contributed by atoms with Gasteiger partial charge in [-0.3, -0.25) is 9.80 Å². The van der Waals surface area contributed by atoms with Crippen molar-refractivity contribution in [1.29, 1.82) is 0 Å². The van der Waals surface area contributed by atoms with Crippen LogP contribution in [0, 0.1) is 6.92 Å². The maximum absolute atomic E-state index is 13.1. The van der Waals surface area contributed by atoms with Crippen LogP contribution in [-0.4, -0.2) is 23.2 Å². The number of hydrogen-bond acceptors (Lipinski definition) is 3. The number of halogens is 3. The van der Waals surface area contributed by atoms with Crippen LogP contribution in [0.4, 0.5) is 18.9 Å². The smallest absolute Gasteiger partial charge is 0.321 e. The topological polar surface area (TPSA) is 44.7 Å². The standard InChI is InChI=1S/C21H22F3N3O/c1-3-11-27-19(15-8-6-9-16(12-15)21(22,23)24)13-18(26-27)20(28)25-17-10-5-4-7-14(17)2/h4-10,12,19H,3,11,13H2,1-2H3,(H,25,28). The van der Waals surface area contributed by atoms with Gasteiger partial charge in [0.1, 0.15) is 5.71 Å². The van der Waals surface area contributed by atoms with Crippen molar-refractivity contribution in [2.45, 2.75) is 38.9 Å². The van der Waals surface area contributed by atoms with Crippen molar-refractivity contribution in [2.24, 2.45) is 5.10 Å². The molecule has 0 saturated heterocycles. The number of nitrogens with one attached hydrogen (secondary N) is 1. The molecule has 0 aliphatic carbocycles.